The molecule has 1 saturated carbocycles. The first-order chi connectivity index (χ1) is 12.2. The van der Waals surface area contributed by atoms with E-state index in [0.717, 1.165) is 0 Å². The summed E-state index contributed by atoms with van der Waals surface area (Å²) >= 11 is -3.13. The zero-order valence-electron chi connectivity index (χ0n) is 14.7. The minimum absolute atomic E-state index is 0.262. The predicted molar refractivity (Wildman–Crippen MR) is 111 cm³/mol. The molecule has 3 aromatic carbocycles. The molecule has 25 heavy (non-hydrogen) atoms. The zero-order chi connectivity index (χ0) is 17.3. The Morgan fingerprint density at radius 1 is 0.760 bits per heavy atom. The molecule has 3 aromatic rings. The van der Waals surface area contributed by atoms with Gasteiger partial charge >= 0.3 is 155 Å². The van der Waals surface area contributed by atoms with Crippen LogP contribution in [0, 0.1) is 5.41 Å². The van der Waals surface area contributed by atoms with Gasteiger partial charge in [-0.15, -0.1) is 0 Å². The van der Waals surface area contributed by atoms with Crippen LogP contribution in [0.4, 0.5) is 0 Å². The third kappa shape index (κ3) is 2.67. The SMILES string of the molecule is C=CC1(C)C[CH]1[Sn]([c]1ccccc1)([c]1ccccc1)[c]1ccccc1. The van der Waals surface area contributed by atoms with Crippen LogP contribution < -0.4 is 10.7 Å². The molecular weight excluding hydrogens is 407 g/mol. The molecular formula is C24H24Sn. The van der Waals surface area contributed by atoms with Crippen molar-refractivity contribution < 1.29 is 0 Å². The quantitative estimate of drug-likeness (QED) is 0.421. The van der Waals surface area contributed by atoms with Gasteiger partial charge in [-0.2, -0.15) is 0 Å². The Balaban J connectivity index is 2.04. The van der Waals surface area contributed by atoms with E-state index < -0.39 is 18.4 Å². The Morgan fingerprint density at radius 2 is 1.12 bits per heavy atom. The van der Waals surface area contributed by atoms with Crippen LogP contribution in [0.1, 0.15) is 13.3 Å². The number of allylic oxidation sites excluding steroid dienone is 1. The van der Waals surface area contributed by atoms with Gasteiger partial charge in [0.05, 0.1) is 0 Å². The van der Waals surface area contributed by atoms with Gasteiger partial charge in [0.25, 0.3) is 0 Å². The molecule has 1 fully saturated rings. The van der Waals surface area contributed by atoms with Crippen molar-refractivity contribution in [1.82, 2.24) is 0 Å². The van der Waals surface area contributed by atoms with Crippen LogP contribution in [-0.2, 0) is 0 Å². The first kappa shape index (κ1) is 16.7. The number of hydrogen-bond acceptors (Lipinski definition) is 0. The average molecular weight is 431 g/mol. The van der Waals surface area contributed by atoms with Gasteiger partial charge in [-0.05, 0) is 0 Å². The van der Waals surface area contributed by atoms with E-state index in [2.05, 4.69) is 111 Å². The second-order valence-electron chi connectivity index (χ2n) is 7.37. The van der Waals surface area contributed by atoms with Crippen LogP contribution in [0.2, 0.25) is 3.93 Å². The maximum absolute atomic E-state index is 4.17. The molecule has 0 spiro atoms. The van der Waals surface area contributed by atoms with E-state index in [1.807, 2.05) is 0 Å². The van der Waals surface area contributed by atoms with Crippen molar-refractivity contribution in [2.45, 2.75) is 17.3 Å². The molecule has 1 aliphatic carbocycles. The van der Waals surface area contributed by atoms with Crippen LogP contribution >= 0.6 is 0 Å². The molecule has 2 unspecified atom stereocenters. The Labute approximate surface area is 155 Å². The summed E-state index contributed by atoms with van der Waals surface area (Å²) < 4.78 is 5.44. The van der Waals surface area contributed by atoms with Crippen LogP contribution in [0.5, 0.6) is 0 Å². The van der Waals surface area contributed by atoms with E-state index in [4.69, 9.17) is 0 Å². The minimum atomic E-state index is -3.13. The van der Waals surface area contributed by atoms with Crippen molar-refractivity contribution >= 4 is 29.1 Å². The molecule has 0 saturated heterocycles. The Kier molecular flexibility index (Phi) is 4.33. The fraction of sp³-hybridized carbons (Fsp3) is 0.167. The van der Waals surface area contributed by atoms with Crippen molar-refractivity contribution in [3.63, 3.8) is 0 Å². The average Bonchev–Trinajstić information content (AvgIpc) is 3.37. The van der Waals surface area contributed by atoms with Crippen LogP contribution in [0.25, 0.3) is 0 Å². The predicted octanol–water partition coefficient (Wildman–Crippen LogP) is 4.12. The summed E-state index contributed by atoms with van der Waals surface area (Å²) in [7, 11) is 0. The van der Waals surface area contributed by atoms with Gasteiger partial charge in [0, 0.05) is 0 Å². The number of hydrogen-bond donors (Lipinski definition) is 0. The Hall–Kier alpha value is -1.80. The fourth-order valence-corrected chi connectivity index (χ4v) is 22.2. The zero-order valence-corrected chi connectivity index (χ0v) is 17.6. The Bertz CT molecular complexity index is 758. The van der Waals surface area contributed by atoms with Crippen LogP contribution in [0.3, 0.4) is 0 Å². The third-order valence-electron chi connectivity index (χ3n) is 5.96. The molecule has 0 nitrogen and oxygen atoms in total. The maximum atomic E-state index is 4.17. The summed E-state index contributed by atoms with van der Waals surface area (Å²) in [4.78, 5) is 0. The molecule has 124 valence electrons. The van der Waals surface area contributed by atoms with Crippen molar-refractivity contribution in [2.75, 3.05) is 0 Å². The first-order valence-corrected chi connectivity index (χ1v) is 14.9. The summed E-state index contributed by atoms with van der Waals surface area (Å²) in [5.41, 5.74) is 0.262. The summed E-state index contributed by atoms with van der Waals surface area (Å²) in [5.74, 6) is 0. The van der Waals surface area contributed by atoms with Crippen molar-refractivity contribution in [3.05, 3.63) is 104 Å². The van der Waals surface area contributed by atoms with E-state index in [1.54, 1.807) is 10.7 Å². The molecule has 0 N–H and O–H groups in total. The second kappa shape index (κ2) is 6.49. The van der Waals surface area contributed by atoms with Crippen LogP contribution in [0.15, 0.2) is 104 Å². The van der Waals surface area contributed by atoms with Gasteiger partial charge in [-0.3, -0.25) is 0 Å². The van der Waals surface area contributed by atoms with E-state index in [-0.39, 0.29) is 5.41 Å². The van der Waals surface area contributed by atoms with Gasteiger partial charge in [0.15, 0.2) is 0 Å². The van der Waals surface area contributed by atoms with Gasteiger partial charge in [-0.1, -0.05) is 0 Å². The van der Waals surface area contributed by atoms with Crippen molar-refractivity contribution in [3.8, 4) is 0 Å². The van der Waals surface area contributed by atoms with Gasteiger partial charge < -0.3 is 0 Å². The first-order valence-electron chi connectivity index (χ1n) is 9.02. The molecule has 1 aliphatic rings. The van der Waals surface area contributed by atoms with E-state index >= 15 is 0 Å². The van der Waals surface area contributed by atoms with Gasteiger partial charge in [0.2, 0.25) is 0 Å². The molecule has 0 radical (unpaired) electrons. The van der Waals surface area contributed by atoms with E-state index in [1.165, 1.54) is 6.42 Å². The third-order valence-corrected chi connectivity index (χ3v) is 22.1. The van der Waals surface area contributed by atoms with E-state index in [9.17, 15) is 0 Å². The molecule has 0 aromatic heterocycles. The molecule has 0 heterocycles. The number of rotatable bonds is 5. The molecule has 0 aliphatic heterocycles. The molecule has 4 rings (SSSR count). The second-order valence-corrected chi connectivity index (χ2v) is 18.9. The summed E-state index contributed by atoms with van der Waals surface area (Å²) in [6.07, 6.45) is 3.46. The topological polar surface area (TPSA) is 0 Å². The molecule has 0 amide bonds. The summed E-state index contributed by atoms with van der Waals surface area (Å²) in [6, 6.07) is 33.9. The van der Waals surface area contributed by atoms with Crippen molar-refractivity contribution in [1.29, 1.82) is 0 Å². The summed E-state index contributed by atoms with van der Waals surface area (Å²) in [5, 5.41) is 0. The van der Waals surface area contributed by atoms with E-state index in [0.29, 0.717) is 3.93 Å². The van der Waals surface area contributed by atoms with Crippen LogP contribution in [-0.4, -0.2) is 18.4 Å². The normalized spacial score (nSPS) is 22.4. The standard InChI is InChI=1S/C6H9.3C6H5.Sn/c1-3-6(2)4-5-6;3*1-2-4-6-5-3-1;/h3-4H,1,5H2,2H3;3*1-5H;. The fourth-order valence-electron chi connectivity index (χ4n) is 4.46. The summed E-state index contributed by atoms with van der Waals surface area (Å²) in [6.45, 7) is 6.57. The molecule has 1 heteroatoms. The monoisotopic (exact) mass is 432 g/mol. The number of benzene rings is 3. The molecule has 2 atom stereocenters. The van der Waals surface area contributed by atoms with Gasteiger partial charge in [-0.25, -0.2) is 0 Å². The molecule has 0 bridgehead atoms. The Morgan fingerprint density at radius 3 is 1.40 bits per heavy atom. The van der Waals surface area contributed by atoms with Gasteiger partial charge in [0.1, 0.15) is 0 Å². The van der Waals surface area contributed by atoms with Crippen molar-refractivity contribution in [2.24, 2.45) is 5.41 Å².